The first-order chi connectivity index (χ1) is 9.71. The molecule has 0 saturated heterocycles. The van der Waals surface area contributed by atoms with Gasteiger partial charge in [0.1, 0.15) is 11.8 Å². The fraction of sp³-hybridized carbons (Fsp3) is 0.125. The van der Waals surface area contributed by atoms with Gasteiger partial charge >= 0.3 is 0 Å². The van der Waals surface area contributed by atoms with E-state index in [1.54, 1.807) is 17.9 Å². The maximum atomic E-state index is 8.91. The predicted octanol–water partition coefficient (Wildman–Crippen LogP) is 3.12. The van der Waals surface area contributed by atoms with Crippen LogP contribution in [-0.2, 0) is 7.05 Å². The monoisotopic (exact) mass is 263 g/mol. The molecule has 0 aliphatic heterocycles. The highest BCUT2D eigenvalue weighted by molar-refractivity contribution is 5.88. The van der Waals surface area contributed by atoms with Crippen molar-refractivity contribution in [1.29, 1.82) is 5.26 Å². The van der Waals surface area contributed by atoms with Crippen LogP contribution in [0.25, 0.3) is 22.0 Å². The zero-order valence-electron chi connectivity index (χ0n) is 11.3. The van der Waals surface area contributed by atoms with Crippen molar-refractivity contribution in [2.24, 2.45) is 7.05 Å². The summed E-state index contributed by atoms with van der Waals surface area (Å²) in [6, 6.07) is 16.0. The lowest BCUT2D eigenvalue weighted by atomic mass is 10.0. The summed E-state index contributed by atoms with van der Waals surface area (Å²) >= 11 is 0. The van der Waals surface area contributed by atoms with Crippen LogP contribution in [0, 0.1) is 11.3 Å². The van der Waals surface area contributed by atoms with Crippen molar-refractivity contribution in [2.75, 3.05) is 7.11 Å². The van der Waals surface area contributed by atoms with Gasteiger partial charge in [-0.25, -0.2) is 0 Å². The Kier molecular flexibility index (Phi) is 2.88. The number of nitriles is 1. The first-order valence-corrected chi connectivity index (χ1v) is 6.23. The Labute approximate surface area is 116 Å². The standard InChI is InChI=1S/C16H13N3O/c1-19-16(9-14(10-17)18-19)13-4-3-12-8-15(20-2)6-5-11(12)7-13/h3-9H,1-2H3. The minimum atomic E-state index is 0.428. The van der Waals surface area contributed by atoms with Crippen molar-refractivity contribution >= 4 is 10.8 Å². The summed E-state index contributed by atoms with van der Waals surface area (Å²) in [5, 5.41) is 15.3. The summed E-state index contributed by atoms with van der Waals surface area (Å²) in [5.74, 6) is 0.845. The molecule has 2 aromatic carbocycles. The number of aryl methyl sites for hydroxylation is 1. The molecule has 0 unspecified atom stereocenters. The molecule has 1 aromatic heterocycles. The molecular formula is C16H13N3O. The highest BCUT2D eigenvalue weighted by Gasteiger charge is 2.08. The predicted molar refractivity (Wildman–Crippen MR) is 77.4 cm³/mol. The van der Waals surface area contributed by atoms with E-state index in [9.17, 15) is 0 Å². The fourth-order valence-electron chi connectivity index (χ4n) is 2.30. The molecule has 0 radical (unpaired) electrons. The molecule has 3 rings (SSSR count). The summed E-state index contributed by atoms with van der Waals surface area (Å²) < 4.78 is 6.95. The number of nitrogens with zero attached hydrogens (tertiary/aromatic N) is 3. The van der Waals surface area contributed by atoms with Crippen LogP contribution in [0.2, 0.25) is 0 Å². The largest absolute Gasteiger partial charge is 0.497 e. The number of aromatic nitrogens is 2. The summed E-state index contributed by atoms with van der Waals surface area (Å²) in [6.07, 6.45) is 0. The molecule has 0 bridgehead atoms. The van der Waals surface area contributed by atoms with Crippen molar-refractivity contribution in [3.8, 4) is 23.1 Å². The van der Waals surface area contributed by atoms with Crippen molar-refractivity contribution in [1.82, 2.24) is 9.78 Å². The number of hydrogen-bond acceptors (Lipinski definition) is 3. The van der Waals surface area contributed by atoms with Crippen LogP contribution in [-0.4, -0.2) is 16.9 Å². The minimum absolute atomic E-state index is 0.428. The third kappa shape index (κ3) is 1.99. The van der Waals surface area contributed by atoms with E-state index in [1.807, 2.05) is 37.4 Å². The third-order valence-corrected chi connectivity index (χ3v) is 3.34. The number of fused-ring (bicyclic) bond motifs is 1. The molecule has 4 nitrogen and oxygen atoms in total. The third-order valence-electron chi connectivity index (χ3n) is 3.34. The van der Waals surface area contributed by atoms with Gasteiger partial charge in [0.15, 0.2) is 5.69 Å². The lowest BCUT2D eigenvalue weighted by Gasteiger charge is -2.06. The van der Waals surface area contributed by atoms with Gasteiger partial charge in [0.2, 0.25) is 0 Å². The second-order valence-corrected chi connectivity index (χ2v) is 4.58. The van der Waals surface area contributed by atoms with Crippen molar-refractivity contribution in [3.05, 3.63) is 48.2 Å². The maximum Gasteiger partial charge on any atom is 0.163 e. The van der Waals surface area contributed by atoms with Gasteiger partial charge in [0.05, 0.1) is 12.8 Å². The van der Waals surface area contributed by atoms with E-state index in [0.717, 1.165) is 27.8 Å². The van der Waals surface area contributed by atoms with Crippen LogP contribution in [0.1, 0.15) is 5.69 Å². The van der Waals surface area contributed by atoms with E-state index in [1.165, 1.54) is 0 Å². The van der Waals surface area contributed by atoms with Gasteiger partial charge in [-0.15, -0.1) is 0 Å². The van der Waals surface area contributed by atoms with Crippen LogP contribution < -0.4 is 4.74 Å². The number of rotatable bonds is 2. The Bertz CT molecular complexity index is 827. The second-order valence-electron chi connectivity index (χ2n) is 4.58. The molecule has 0 saturated carbocycles. The van der Waals surface area contributed by atoms with Gasteiger partial charge in [-0.1, -0.05) is 18.2 Å². The first kappa shape index (κ1) is 12.2. The smallest absolute Gasteiger partial charge is 0.163 e. The van der Waals surface area contributed by atoms with E-state index in [4.69, 9.17) is 10.00 Å². The highest BCUT2D eigenvalue weighted by atomic mass is 16.5. The molecule has 0 amide bonds. The van der Waals surface area contributed by atoms with Crippen LogP contribution in [0.3, 0.4) is 0 Å². The topological polar surface area (TPSA) is 50.8 Å². The van der Waals surface area contributed by atoms with E-state index < -0.39 is 0 Å². The van der Waals surface area contributed by atoms with Crippen LogP contribution in [0.4, 0.5) is 0 Å². The molecule has 0 aliphatic carbocycles. The molecule has 0 spiro atoms. The van der Waals surface area contributed by atoms with E-state index in [2.05, 4.69) is 17.2 Å². The summed E-state index contributed by atoms with van der Waals surface area (Å²) in [4.78, 5) is 0. The van der Waals surface area contributed by atoms with Gasteiger partial charge < -0.3 is 4.74 Å². The fourth-order valence-corrected chi connectivity index (χ4v) is 2.30. The number of hydrogen-bond donors (Lipinski definition) is 0. The lowest BCUT2D eigenvalue weighted by Crippen LogP contribution is -1.93. The molecule has 0 atom stereocenters. The molecule has 4 heteroatoms. The normalized spacial score (nSPS) is 10.4. The zero-order valence-corrected chi connectivity index (χ0v) is 11.3. The van der Waals surface area contributed by atoms with Gasteiger partial charge in [0.25, 0.3) is 0 Å². The maximum absolute atomic E-state index is 8.91. The number of ether oxygens (including phenoxy) is 1. The first-order valence-electron chi connectivity index (χ1n) is 6.23. The molecule has 98 valence electrons. The quantitative estimate of drug-likeness (QED) is 0.713. The molecule has 3 aromatic rings. The molecule has 0 N–H and O–H groups in total. The average Bonchev–Trinajstić information content (AvgIpc) is 2.87. The van der Waals surface area contributed by atoms with Gasteiger partial charge in [-0.3, -0.25) is 4.68 Å². The highest BCUT2D eigenvalue weighted by Crippen LogP contribution is 2.27. The lowest BCUT2D eigenvalue weighted by molar-refractivity contribution is 0.415. The molecule has 0 fully saturated rings. The van der Waals surface area contributed by atoms with Crippen LogP contribution in [0.15, 0.2) is 42.5 Å². The van der Waals surface area contributed by atoms with Gasteiger partial charge in [-0.2, -0.15) is 10.4 Å². The van der Waals surface area contributed by atoms with E-state index in [0.29, 0.717) is 5.69 Å². The van der Waals surface area contributed by atoms with Crippen molar-refractivity contribution < 1.29 is 4.74 Å². The second kappa shape index (κ2) is 4.71. The van der Waals surface area contributed by atoms with E-state index in [-0.39, 0.29) is 0 Å². The Morgan fingerprint density at radius 1 is 1.10 bits per heavy atom. The Balaban J connectivity index is 2.13. The van der Waals surface area contributed by atoms with Crippen molar-refractivity contribution in [2.45, 2.75) is 0 Å². The van der Waals surface area contributed by atoms with Gasteiger partial charge in [0, 0.05) is 18.7 Å². The average molecular weight is 263 g/mol. The Morgan fingerprint density at radius 3 is 2.55 bits per heavy atom. The van der Waals surface area contributed by atoms with Crippen LogP contribution >= 0.6 is 0 Å². The summed E-state index contributed by atoms with van der Waals surface area (Å²) in [7, 11) is 3.50. The van der Waals surface area contributed by atoms with Gasteiger partial charge in [-0.05, 0) is 29.0 Å². The molecule has 1 heterocycles. The van der Waals surface area contributed by atoms with Crippen LogP contribution in [0.5, 0.6) is 5.75 Å². The summed E-state index contributed by atoms with van der Waals surface area (Å²) in [5.41, 5.74) is 2.40. The Morgan fingerprint density at radius 2 is 1.85 bits per heavy atom. The molecule has 20 heavy (non-hydrogen) atoms. The number of benzene rings is 2. The van der Waals surface area contributed by atoms with E-state index >= 15 is 0 Å². The summed E-state index contributed by atoms with van der Waals surface area (Å²) in [6.45, 7) is 0. The number of methoxy groups -OCH3 is 1. The molecular weight excluding hydrogens is 250 g/mol. The minimum Gasteiger partial charge on any atom is -0.497 e. The Hall–Kier alpha value is -2.80. The van der Waals surface area contributed by atoms with Crippen molar-refractivity contribution in [3.63, 3.8) is 0 Å². The zero-order chi connectivity index (χ0) is 14.1. The SMILES string of the molecule is COc1ccc2cc(-c3cc(C#N)nn3C)ccc2c1. The molecule has 0 aliphatic rings.